The van der Waals surface area contributed by atoms with Gasteiger partial charge in [-0.1, -0.05) is 13.8 Å². The molecule has 0 aliphatic carbocycles. The number of carboxylic acids is 1. The molecule has 5 nitrogen and oxygen atoms in total. The molecule has 0 aromatic heterocycles. The summed E-state index contributed by atoms with van der Waals surface area (Å²) in [5.41, 5.74) is 1.48. The van der Waals surface area contributed by atoms with Gasteiger partial charge in [0.05, 0.1) is 22.9 Å². The number of hydrogen-bond acceptors (Lipinski definition) is 3. The lowest BCUT2D eigenvalue weighted by atomic mass is 9.96. The van der Waals surface area contributed by atoms with E-state index in [1.807, 2.05) is 0 Å². The second kappa shape index (κ2) is 5.30. The smallest absolute Gasteiger partial charge is 0.335 e. The van der Waals surface area contributed by atoms with Gasteiger partial charge in [-0.3, -0.25) is 4.79 Å². The Bertz CT molecular complexity index is 511. The van der Waals surface area contributed by atoms with E-state index < -0.39 is 5.97 Å². The average molecular weight is 262 g/mol. The molecule has 5 heteroatoms. The van der Waals surface area contributed by atoms with Crippen LogP contribution in [0.1, 0.15) is 30.6 Å². The van der Waals surface area contributed by atoms with E-state index >= 15 is 0 Å². The van der Waals surface area contributed by atoms with Crippen molar-refractivity contribution in [1.82, 2.24) is 0 Å². The van der Waals surface area contributed by atoms with E-state index in [2.05, 4.69) is 24.5 Å². The maximum atomic E-state index is 12.1. The molecule has 1 aliphatic heterocycles. The second-order valence-electron chi connectivity index (χ2n) is 5.26. The quantitative estimate of drug-likeness (QED) is 0.781. The topological polar surface area (TPSA) is 78.4 Å². The first kappa shape index (κ1) is 13.4. The van der Waals surface area contributed by atoms with Gasteiger partial charge in [-0.2, -0.15) is 0 Å². The highest BCUT2D eigenvalue weighted by Crippen LogP contribution is 2.28. The second-order valence-corrected chi connectivity index (χ2v) is 5.26. The van der Waals surface area contributed by atoms with E-state index in [0.29, 0.717) is 18.2 Å². The van der Waals surface area contributed by atoms with Crippen molar-refractivity contribution >= 4 is 23.3 Å². The molecule has 1 heterocycles. The third kappa shape index (κ3) is 3.05. The normalized spacial score (nSPS) is 18.3. The van der Waals surface area contributed by atoms with Crippen LogP contribution in [0.25, 0.3) is 0 Å². The molecule has 2 rings (SSSR count). The first-order valence-electron chi connectivity index (χ1n) is 6.39. The molecule has 0 radical (unpaired) electrons. The Balaban J connectivity index is 2.24. The Kier molecular flexibility index (Phi) is 3.74. The van der Waals surface area contributed by atoms with Gasteiger partial charge < -0.3 is 15.7 Å². The van der Waals surface area contributed by atoms with Crippen molar-refractivity contribution in [3.8, 4) is 0 Å². The molecule has 1 aromatic carbocycles. The van der Waals surface area contributed by atoms with Gasteiger partial charge in [0, 0.05) is 6.54 Å². The highest BCUT2D eigenvalue weighted by atomic mass is 16.4. The number of rotatable bonds is 3. The highest BCUT2D eigenvalue weighted by Gasteiger charge is 2.24. The maximum Gasteiger partial charge on any atom is 0.335 e. The van der Waals surface area contributed by atoms with Crippen LogP contribution in [0.2, 0.25) is 0 Å². The summed E-state index contributed by atoms with van der Waals surface area (Å²) in [6.45, 7) is 4.73. The number of fused-ring (bicyclic) bond motifs is 1. The van der Waals surface area contributed by atoms with Gasteiger partial charge >= 0.3 is 5.97 Å². The summed E-state index contributed by atoms with van der Waals surface area (Å²) in [7, 11) is 0. The zero-order valence-electron chi connectivity index (χ0n) is 11.1. The largest absolute Gasteiger partial charge is 0.478 e. The molecule has 1 amide bonds. The lowest BCUT2D eigenvalue weighted by Crippen LogP contribution is -2.27. The van der Waals surface area contributed by atoms with Crippen LogP contribution in [0.15, 0.2) is 18.2 Å². The van der Waals surface area contributed by atoms with Crippen LogP contribution in [0, 0.1) is 11.8 Å². The van der Waals surface area contributed by atoms with Crippen LogP contribution >= 0.6 is 0 Å². The van der Waals surface area contributed by atoms with Crippen molar-refractivity contribution < 1.29 is 14.7 Å². The number of carboxylic acid groups (broad SMARTS) is 1. The van der Waals surface area contributed by atoms with Gasteiger partial charge in [0.1, 0.15) is 0 Å². The Morgan fingerprint density at radius 2 is 2.16 bits per heavy atom. The van der Waals surface area contributed by atoms with Crippen LogP contribution in [-0.2, 0) is 4.79 Å². The molecule has 0 spiro atoms. The van der Waals surface area contributed by atoms with Crippen LogP contribution in [0.5, 0.6) is 0 Å². The average Bonchev–Trinajstić information content (AvgIpc) is 2.48. The Hall–Kier alpha value is -2.04. The third-order valence-electron chi connectivity index (χ3n) is 3.19. The third-order valence-corrected chi connectivity index (χ3v) is 3.19. The fraction of sp³-hybridized carbons (Fsp3) is 0.429. The number of benzene rings is 1. The molecule has 0 bridgehead atoms. The predicted octanol–water partition coefficient (Wildman–Crippen LogP) is 2.41. The molecule has 1 unspecified atom stereocenters. The summed E-state index contributed by atoms with van der Waals surface area (Å²) >= 11 is 0. The molecule has 0 saturated carbocycles. The zero-order valence-corrected chi connectivity index (χ0v) is 11.1. The molecule has 0 saturated heterocycles. The molecule has 1 atom stereocenters. The molecule has 1 aromatic rings. The minimum atomic E-state index is -1.000. The van der Waals surface area contributed by atoms with E-state index in [0.717, 1.165) is 12.1 Å². The minimum Gasteiger partial charge on any atom is -0.478 e. The molecule has 102 valence electrons. The summed E-state index contributed by atoms with van der Waals surface area (Å²) in [4.78, 5) is 23.0. The molecular weight excluding hydrogens is 244 g/mol. The first-order chi connectivity index (χ1) is 8.97. The van der Waals surface area contributed by atoms with Crippen molar-refractivity contribution in [2.45, 2.75) is 20.3 Å². The maximum absolute atomic E-state index is 12.1. The highest BCUT2D eigenvalue weighted by molar-refractivity contribution is 5.99. The van der Waals surface area contributed by atoms with E-state index in [1.54, 1.807) is 6.07 Å². The Morgan fingerprint density at radius 3 is 2.79 bits per heavy atom. The molecular formula is C14H18N2O3. The first-order valence-corrected chi connectivity index (χ1v) is 6.39. The van der Waals surface area contributed by atoms with E-state index in [9.17, 15) is 9.59 Å². The van der Waals surface area contributed by atoms with Gasteiger partial charge in [0.2, 0.25) is 5.91 Å². The van der Waals surface area contributed by atoms with Gasteiger partial charge in [0.25, 0.3) is 0 Å². The standard InChI is InChI=1S/C14H18N2O3/c1-8(2)5-10-7-15-11-4-3-9(14(18)19)6-12(11)16-13(10)17/h3-4,6,8,10,15H,5,7H2,1-2H3,(H,16,17)(H,18,19). The molecule has 19 heavy (non-hydrogen) atoms. The molecule has 0 fully saturated rings. The monoisotopic (exact) mass is 262 g/mol. The predicted molar refractivity (Wildman–Crippen MR) is 73.5 cm³/mol. The number of hydrogen-bond donors (Lipinski definition) is 3. The SMILES string of the molecule is CC(C)CC1CNc2ccc(C(=O)O)cc2NC1=O. The lowest BCUT2D eigenvalue weighted by Gasteiger charge is -2.15. The van der Waals surface area contributed by atoms with Crippen LogP contribution < -0.4 is 10.6 Å². The van der Waals surface area contributed by atoms with Gasteiger partial charge in [0.15, 0.2) is 0 Å². The molecule has 1 aliphatic rings. The number of carbonyl (C=O) groups excluding carboxylic acids is 1. The van der Waals surface area contributed by atoms with Crippen LogP contribution in [-0.4, -0.2) is 23.5 Å². The van der Waals surface area contributed by atoms with Crippen molar-refractivity contribution in [2.24, 2.45) is 11.8 Å². The van der Waals surface area contributed by atoms with Gasteiger partial charge in [-0.25, -0.2) is 4.79 Å². The van der Waals surface area contributed by atoms with Crippen molar-refractivity contribution in [2.75, 3.05) is 17.2 Å². The Morgan fingerprint density at radius 1 is 1.42 bits per heavy atom. The lowest BCUT2D eigenvalue weighted by molar-refractivity contribution is -0.119. The summed E-state index contributed by atoms with van der Waals surface area (Å²) in [5, 5.41) is 15.0. The number of aromatic carboxylic acids is 1. The van der Waals surface area contributed by atoms with Gasteiger partial charge in [-0.15, -0.1) is 0 Å². The summed E-state index contributed by atoms with van der Waals surface area (Å²) in [5.74, 6) is -0.712. The molecule has 3 N–H and O–H groups in total. The van der Waals surface area contributed by atoms with Crippen molar-refractivity contribution in [3.63, 3.8) is 0 Å². The number of anilines is 2. The summed E-state index contributed by atoms with van der Waals surface area (Å²) < 4.78 is 0. The van der Waals surface area contributed by atoms with Crippen molar-refractivity contribution in [1.29, 1.82) is 0 Å². The number of carbonyl (C=O) groups is 2. The fourth-order valence-corrected chi connectivity index (χ4v) is 2.25. The van der Waals surface area contributed by atoms with E-state index in [1.165, 1.54) is 12.1 Å². The van der Waals surface area contributed by atoms with Crippen molar-refractivity contribution in [3.05, 3.63) is 23.8 Å². The summed E-state index contributed by atoms with van der Waals surface area (Å²) in [6.07, 6.45) is 0.804. The number of nitrogens with one attached hydrogen (secondary N) is 2. The summed E-state index contributed by atoms with van der Waals surface area (Å²) in [6, 6.07) is 4.71. The van der Waals surface area contributed by atoms with E-state index in [4.69, 9.17) is 5.11 Å². The van der Waals surface area contributed by atoms with Crippen LogP contribution in [0.3, 0.4) is 0 Å². The Labute approximate surface area is 112 Å². The zero-order chi connectivity index (χ0) is 14.0. The van der Waals surface area contributed by atoms with Crippen LogP contribution in [0.4, 0.5) is 11.4 Å². The minimum absolute atomic E-state index is 0.0533. The van der Waals surface area contributed by atoms with Gasteiger partial charge in [-0.05, 0) is 30.5 Å². The number of amides is 1. The van der Waals surface area contributed by atoms with E-state index in [-0.39, 0.29) is 17.4 Å². The fourth-order valence-electron chi connectivity index (χ4n) is 2.25.